The first-order chi connectivity index (χ1) is 7.65. The van der Waals surface area contributed by atoms with Gasteiger partial charge in [0.2, 0.25) is 5.91 Å². The van der Waals surface area contributed by atoms with Crippen molar-refractivity contribution in [3.8, 4) is 0 Å². The summed E-state index contributed by atoms with van der Waals surface area (Å²) in [4.78, 5) is 12.0. The molecule has 1 aromatic rings. The van der Waals surface area contributed by atoms with Crippen LogP contribution in [0.15, 0.2) is 23.0 Å². The monoisotopic (exact) mass is 240 g/mol. The minimum absolute atomic E-state index is 0.115. The smallest absolute Gasteiger partial charge is 0.230 e. The number of furan rings is 1. The lowest BCUT2D eigenvalue weighted by atomic mass is 10.0. The summed E-state index contributed by atoms with van der Waals surface area (Å²) >= 11 is 4.87. The van der Waals surface area contributed by atoms with Crippen molar-refractivity contribution in [3.05, 3.63) is 24.2 Å². The molecule has 1 heterocycles. The van der Waals surface area contributed by atoms with Crippen molar-refractivity contribution in [2.45, 2.75) is 26.3 Å². The number of hydrogen-bond acceptors (Lipinski definition) is 3. The van der Waals surface area contributed by atoms with Crippen molar-refractivity contribution in [1.82, 2.24) is 5.32 Å². The second-order valence-corrected chi connectivity index (χ2v) is 4.06. The summed E-state index contributed by atoms with van der Waals surface area (Å²) in [6.07, 6.45) is 4.72. The molecule has 0 aromatic carbocycles. The predicted molar refractivity (Wildman–Crippen MR) is 65.7 cm³/mol. The predicted octanol–water partition coefficient (Wildman–Crippen LogP) is 1.60. The Morgan fingerprint density at radius 2 is 2.44 bits per heavy atom. The first kappa shape index (κ1) is 12.7. The highest BCUT2D eigenvalue weighted by Gasteiger charge is 2.19. The number of carbonyl (C=O) groups is 1. The normalized spacial score (nSPS) is 12.1. The van der Waals surface area contributed by atoms with Gasteiger partial charge in [0.05, 0.1) is 23.4 Å². The topological polar surface area (TPSA) is 68.3 Å². The molecule has 0 aliphatic rings. The maximum absolute atomic E-state index is 11.8. The van der Waals surface area contributed by atoms with E-state index in [9.17, 15) is 4.79 Å². The van der Waals surface area contributed by atoms with Crippen LogP contribution in [-0.4, -0.2) is 10.9 Å². The second kappa shape index (κ2) is 6.27. The van der Waals surface area contributed by atoms with E-state index in [2.05, 4.69) is 5.32 Å². The number of thiocarbonyl (C=S) groups is 1. The van der Waals surface area contributed by atoms with Gasteiger partial charge in [-0.25, -0.2) is 0 Å². The standard InChI is InChI=1S/C11H16N2O2S/c1-2-3-9(10(12)16)11(14)13-6-8-4-5-15-7-8/h4-5,7,9H,2-3,6H2,1H3,(H2,12,16)(H,13,14). The molecule has 1 aromatic heterocycles. The Balaban J connectivity index is 2.46. The van der Waals surface area contributed by atoms with E-state index >= 15 is 0 Å². The lowest BCUT2D eigenvalue weighted by Gasteiger charge is -2.13. The molecular formula is C11H16N2O2S. The molecule has 3 N–H and O–H groups in total. The number of carbonyl (C=O) groups excluding carboxylic acids is 1. The van der Waals surface area contributed by atoms with Crippen molar-refractivity contribution < 1.29 is 9.21 Å². The summed E-state index contributed by atoms with van der Waals surface area (Å²) in [5.41, 5.74) is 6.45. The Kier molecular flexibility index (Phi) is 4.98. The molecule has 1 rings (SSSR count). The third-order valence-electron chi connectivity index (χ3n) is 2.28. The molecule has 4 nitrogen and oxygen atoms in total. The molecule has 0 bridgehead atoms. The summed E-state index contributed by atoms with van der Waals surface area (Å²) in [6, 6.07) is 1.80. The molecule has 5 heteroatoms. The van der Waals surface area contributed by atoms with Crippen LogP contribution in [0.3, 0.4) is 0 Å². The van der Waals surface area contributed by atoms with E-state index in [0.29, 0.717) is 13.0 Å². The number of nitrogens with one attached hydrogen (secondary N) is 1. The van der Waals surface area contributed by atoms with Gasteiger partial charge in [0.15, 0.2) is 0 Å². The molecule has 16 heavy (non-hydrogen) atoms. The van der Waals surface area contributed by atoms with Gasteiger partial charge in [0.1, 0.15) is 0 Å². The van der Waals surface area contributed by atoms with Crippen molar-refractivity contribution in [2.24, 2.45) is 11.7 Å². The van der Waals surface area contributed by atoms with E-state index in [1.807, 2.05) is 6.92 Å². The lowest BCUT2D eigenvalue weighted by Crippen LogP contribution is -2.37. The number of amides is 1. The SMILES string of the molecule is CCCC(C(=O)NCc1ccoc1)C(N)=S. The Morgan fingerprint density at radius 3 is 2.94 bits per heavy atom. The van der Waals surface area contributed by atoms with Crippen LogP contribution in [0.2, 0.25) is 0 Å². The van der Waals surface area contributed by atoms with E-state index in [1.54, 1.807) is 18.6 Å². The summed E-state index contributed by atoms with van der Waals surface area (Å²) in [6.45, 7) is 2.44. The van der Waals surface area contributed by atoms with Crippen LogP contribution in [0, 0.1) is 5.92 Å². The van der Waals surface area contributed by atoms with Crippen LogP contribution >= 0.6 is 12.2 Å². The summed E-state index contributed by atoms with van der Waals surface area (Å²) in [7, 11) is 0. The third kappa shape index (κ3) is 3.66. The third-order valence-corrected chi connectivity index (χ3v) is 2.57. The molecule has 1 atom stereocenters. The zero-order valence-corrected chi connectivity index (χ0v) is 10.0. The van der Waals surface area contributed by atoms with Gasteiger partial charge < -0.3 is 15.5 Å². The van der Waals surface area contributed by atoms with E-state index in [4.69, 9.17) is 22.4 Å². The highest BCUT2D eigenvalue weighted by Crippen LogP contribution is 2.08. The Morgan fingerprint density at radius 1 is 1.69 bits per heavy atom. The fourth-order valence-electron chi connectivity index (χ4n) is 1.40. The van der Waals surface area contributed by atoms with Gasteiger partial charge in [-0.2, -0.15) is 0 Å². The van der Waals surface area contributed by atoms with Gasteiger partial charge in [0, 0.05) is 12.1 Å². The summed E-state index contributed by atoms with van der Waals surface area (Å²) < 4.78 is 4.90. The van der Waals surface area contributed by atoms with Gasteiger partial charge >= 0.3 is 0 Å². The molecule has 0 radical (unpaired) electrons. The van der Waals surface area contributed by atoms with E-state index in [1.165, 1.54) is 0 Å². The molecule has 1 unspecified atom stereocenters. The molecule has 0 spiro atoms. The van der Waals surface area contributed by atoms with Gasteiger partial charge in [-0.15, -0.1) is 0 Å². The van der Waals surface area contributed by atoms with Crippen molar-refractivity contribution >= 4 is 23.1 Å². The Hall–Kier alpha value is -1.36. The van der Waals surface area contributed by atoms with Gasteiger partial charge in [-0.1, -0.05) is 25.6 Å². The first-order valence-electron chi connectivity index (χ1n) is 5.23. The summed E-state index contributed by atoms with van der Waals surface area (Å²) in [5.74, 6) is -0.484. The maximum atomic E-state index is 11.8. The first-order valence-corrected chi connectivity index (χ1v) is 5.64. The fraction of sp³-hybridized carbons (Fsp3) is 0.455. The van der Waals surface area contributed by atoms with E-state index < -0.39 is 0 Å². The molecule has 0 saturated carbocycles. The molecule has 0 aliphatic carbocycles. The van der Waals surface area contributed by atoms with Crippen molar-refractivity contribution in [3.63, 3.8) is 0 Å². The van der Waals surface area contributed by atoms with Gasteiger partial charge in [0.25, 0.3) is 0 Å². The minimum atomic E-state index is -0.369. The van der Waals surface area contributed by atoms with Crippen LogP contribution in [0.4, 0.5) is 0 Å². The van der Waals surface area contributed by atoms with Gasteiger partial charge in [-0.3, -0.25) is 4.79 Å². The fourth-order valence-corrected chi connectivity index (χ4v) is 1.62. The number of nitrogens with two attached hydrogens (primary N) is 1. The number of hydrogen-bond donors (Lipinski definition) is 2. The lowest BCUT2D eigenvalue weighted by molar-refractivity contribution is -0.123. The zero-order valence-electron chi connectivity index (χ0n) is 9.23. The Labute approximate surface area is 100 Å². The number of rotatable bonds is 6. The molecule has 88 valence electrons. The van der Waals surface area contributed by atoms with Crippen LogP contribution in [0.5, 0.6) is 0 Å². The molecule has 1 amide bonds. The van der Waals surface area contributed by atoms with Crippen molar-refractivity contribution in [2.75, 3.05) is 0 Å². The average molecular weight is 240 g/mol. The van der Waals surface area contributed by atoms with Crippen LogP contribution < -0.4 is 11.1 Å². The van der Waals surface area contributed by atoms with Crippen LogP contribution in [-0.2, 0) is 11.3 Å². The molecule has 0 aliphatic heterocycles. The largest absolute Gasteiger partial charge is 0.472 e. The quantitative estimate of drug-likeness (QED) is 0.741. The molecular weight excluding hydrogens is 224 g/mol. The minimum Gasteiger partial charge on any atom is -0.472 e. The molecule has 0 saturated heterocycles. The zero-order chi connectivity index (χ0) is 12.0. The molecule has 0 fully saturated rings. The van der Waals surface area contributed by atoms with E-state index in [-0.39, 0.29) is 16.8 Å². The highest BCUT2D eigenvalue weighted by molar-refractivity contribution is 7.80. The Bertz CT molecular complexity index is 349. The van der Waals surface area contributed by atoms with Crippen LogP contribution in [0.1, 0.15) is 25.3 Å². The van der Waals surface area contributed by atoms with E-state index in [0.717, 1.165) is 12.0 Å². The highest BCUT2D eigenvalue weighted by atomic mass is 32.1. The van der Waals surface area contributed by atoms with Crippen molar-refractivity contribution in [1.29, 1.82) is 0 Å². The van der Waals surface area contributed by atoms with Crippen LogP contribution in [0.25, 0.3) is 0 Å². The second-order valence-electron chi connectivity index (χ2n) is 3.59. The maximum Gasteiger partial charge on any atom is 0.230 e. The summed E-state index contributed by atoms with van der Waals surface area (Å²) in [5, 5.41) is 2.78. The van der Waals surface area contributed by atoms with Gasteiger partial charge in [-0.05, 0) is 12.5 Å². The average Bonchev–Trinajstić information content (AvgIpc) is 2.75.